The van der Waals surface area contributed by atoms with Crippen LogP contribution < -0.4 is 0 Å². The quantitative estimate of drug-likeness (QED) is 0.0284. The molecular formula is C42H76O6. The highest BCUT2D eigenvalue weighted by atomic mass is 16.6. The average molecular weight is 677 g/mol. The summed E-state index contributed by atoms with van der Waals surface area (Å²) in [5.41, 5.74) is 0. The van der Waals surface area contributed by atoms with Crippen LogP contribution in [0.5, 0.6) is 0 Å². The van der Waals surface area contributed by atoms with Crippen LogP contribution in [0.4, 0.5) is 0 Å². The first kappa shape index (κ1) is 45.9. The first-order chi connectivity index (χ1) is 23.5. The van der Waals surface area contributed by atoms with E-state index in [0.29, 0.717) is 19.3 Å². The maximum Gasteiger partial charge on any atom is 0.306 e. The minimum absolute atomic E-state index is 0.0749. The van der Waals surface area contributed by atoms with Crippen molar-refractivity contribution < 1.29 is 28.6 Å². The van der Waals surface area contributed by atoms with E-state index in [9.17, 15) is 14.4 Å². The molecule has 0 fully saturated rings. The minimum atomic E-state index is -0.766. The first-order valence-corrected chi connectivity index (χ1v) is 20.3. The summed E-state index contributed by atoms with van der Waals surface area (Å²) in [6, 6.07) is 0. The monoisotopic (exact) mass is 677 g/mol. The van der Waals surface area contributed by atoms with Crippen molar-refractivity contribution in [3.8, 4) is 0 Å². The molecule has 0 saturated heterocycles. The van der Waals surface area contributed by atoms with Gasteiger partial charge in [-0.25, -0.2) is 0 Å². The van der Waals surface area contributed by atoms with Gasteiger partial charge in [-0.2, -0.15) is 0 Å². The van der Waals surface area contributed by atoms with E-state index in [1.165, 1.54) is 83.5 Å². The smallest absolute Gasteiger partial charge is 0.306 e. The Morgan fingerprint density at radius 1 is 0.417 bits per heavy atom. The van der Waals surface area contributed by atoms with Gasteiger partial charge in [0, 0.05) is 19.3 Å². The van der Waals surface area contributed by atoms with E-state index in [2.05, 4.69) is 45.1 Å². The number of ether oxygens (including phenoxy) is 3. The van der Waals surface area contributed by atoms with Gasteiger partial charge < -0.3 is 14.2 Å². The van der Waals surface area contributed by atoms with Gasteiger partial charge in [0.2, 0.25) is 0 Å². The maximum atomic E-state index is 12.6. The summed E-state index contributed by atoms with van der Waals surface area (Å²) in [6.45, 7) is 6.48. The Balaban J connectivity index is 4.26. The van der Waals surface area contributed by atoms with Crippen LogP contribution in [0.15, 0.2) is 24.3 Å². The zero-order valence-electron chi connectivity index (χ0n) is 31.8. The van der Waals surface area contributed by atoms with E-state index in [-0.39, 0.29) is 31.1 Å². The molecule has 0 N–H and O–H groups in total. The molecule has 0 spiro atoms. The van der Waals surface area contributed by atoms with E-state index in [1.54, 1.807) is 0 Å². The Morgan fingerprint density at radius 3 is 1.19 bits per heavy atom. The van der Waals surface area contributed by atoms with E-state index >= 15 is 0 Å². The summed E-state index contributed by atoms with van der Waals surface area (Å²) < 4.78 is 16.5. The highest BCUT2D eigenvalue weighted by Crippen LogP contribution is 2.13. The standard InChI is InChI=1S/C42H76O6/c1-4-7-10-13-15-17-19-20-21-22-23-25-26-29-32-35-41(44)47-38-39(37-46-40(43)34-31-28-12-9-6-3)48-42(45)36-33-30-27-24-18-16-14-11-8-5-2/h15,17,20-21,39H,4-14,16,18-19,22-38H2,1-3H3/b17-15-,21-20-. The summed E-state index contributed by atoms with van der Waals surface area (Å²) in [6.07, 6.45) is 39.0. The van der Waals surface area contributed by atoms with Crippen LogP contribution in [0.25, 0.3) is 0 Å². The molecular weight excluding hydrogens is 600 g/mol. The molecule has 48 heavy (non-hydrogen) atoms. The lowest BCUT2D eigenvalue weighted by atomic mass is 10.1. The number of esters is 3. The molecule has 0 aromatic heterocycles. The van der Waals surface area contributed by atoms with Crippen molar-refractivity contribution >= 4 is 17.9 Å². The van der Waals surface area contributed by atoms with Crippen LogP contribution in [-0.2, 0) is 28.6 Å². The number of unbranched alkanes of at least 4 members (excludes halogenated alkanes) is 21. The largest absolute Gasteiger partial charge is 0.462 e. The molecule has 0 aliphatic heterocycles. The summed E-state index contributed by atoms with van der Waals surface area (Å²) >= 11 is 0. The molecule has 280 valence electrons. The highest BCUT2D eigenvalue weighted by Gasteiger charge is 2.19. The lowest BCUT2D eigenvalue weighted by Crippen LogP contribution is -2.30. The van der Waals surface area contributed by atoms with E-state index in [1.807, 2.05) is 0 Å². The van der Waals surface area contributed by atoms with Gasteiger partial charge >= 0.3 is 17.9 Å². The molecule has 6 nitrogen and oxygen atoms in total. The van der Waals surface area contributed by atoms with Crippen molar-refractivity contribution in [1.82, 2.24) is 0 Å². The fourth-order valence-corrected chi connectivity index (χ4v) is 5.59. The summed E-state index contributed by atoms with van der Waals surface area (Å²) in [5.74, 6) is -0.905. The average Bonchev–Trinajstić information content (AvgIpc) is 3.08. The fraction of sp³-hybridized carbons (Fsp3) is 0.833. The Morgan fingerprint density at radius 2 is 0.750 bits per heavy atom. The lowest BCUT2D eigenvalue weighted by molar-refractivity contribution is -0.167. The van der Waals surface area contributed by atoms with Crippen molar-refractivity contribution in [3.05, 3.63) is 24.3 Å². The van der Waals surface area contributed by atoms with Crippen LogP contribution in [-0.4, -0.2) is 37.2 Å². The summed E-state index contributed by atoms with van der Waals surface area (Å²) in [7, 11) is 0. The molecule has 0 saturated carbocycles. The second-order valence-corrected chi connectivity index (χ2v) is 13.6. The molecule has 0 radical (unpaired) electrons. The zero-order chi connectivity index (χ0) is 35.2. The second kappa shape index (κ2) is 37.7. The predicted molar refractivity (Wildman–Crippen MR) is 201 cm³/mol. The van der Waals surface area contributed by atoms with Crippen molar-refractivity contribution in [2.45, 2.75) is 213 Å². The number of hydrogen-bond acceptors (Lipinski definition) is 6. The van der Waals surface area contributed by atoms with Gasteiger partial charge in [-0.05, 0) is 51.4 Å². The molecule has 0 aromatic rings. The lowest BCUT2D eigenvalue weighted by Gasteiger charge is -2.18. The molecule has 0 aliphatic carbocycles. The molecule has 6 heteroatoms. The number of rotatable bonds is 36. The van der Waals surface area contributed by atoms with Crippen molar-refractivity contribution in [2.24, 2.45) is 0 Å². The van der Waals surface area contributed by atoms with Gasteiger partial charge in [-0.15, -0.1) is 0 Å². The van der Waals surface area contributed by atoms with Crippen LogP contribution in [0.3, 0.4) is 0 Å². The Kier molecular flexibility index (Phi) is 36.0. The van der Waals surface area contributed by atoms with E-state index in [0.717, 1.165) is 83.5 Å². The topological polar surface area (TPSA) is 78.9 Å². The van der Waals surface area contributed by atoms with Crippen LogP contribution >= 0.6 is 0 Å². The number of allylic oxidation sites excluding steroid dienone is 4. The normalized spacial score (nSPS) is 12.1. The Hall–Kier alpha value is -2.11. The van der Waals surface area contributed by atoms with Crippen molar-refractivity contribution in [2.75, 3.05) is 13.2 Å². The van der Waals surface area contributed by atoms with Crippen molar-refractivity contribution in [1.29, 1.82) is 0 Å². The van der Waals surface area contributed by atoms with E-state index in [4.69, 9.17) is 14.2 Å². The third-order valence-corrected chi connectivity index (χ3v) is 8.71. The number of hydrogen-bond donors (Lipinski definition) is 0. The molecule has 1 unspecified atom stereocenters. The molecule has 0 heterocycles. The zero-order valence-corrected chi connectivity index (χ0v) is 31.8. The fourth-order valence-electron chi connectivity index (χ4n) is 5.59. The predicted octanol–water partition coefficient (Wildman–Crippen LogP) is 12.5. The molecule has 1 atom stereocenters. The summed E-state index contributed by atoms with van der Waals surface area (Å²) in [5, 5.41) is 0. The SMILES string of the molecule is CCCCC/C=C\C/C=C\CCCCCCCC(=O)OCC(COC(=O)CCCCCCC)OC(=O)CCCCCCCCCCCC. The van der Waals surface area contributed by atoms with Crippen LogP contribution in [0, 0.1) is 0 Å². The molecule has 0 aromatic carbocycles. The Labute approximate surface area is 296 Å². The van der Waals surface area contributed by atoms with Gasteiger partial charge in [0.1, 0.15) is 13.2 Å². The van der Waals surface area contributed by atoms with Gasteiger partial charge in [0.05, 0.1) is 0 Å². The van der Waals surface area contributed by atoms with E-state index < -0.39 is 6.10 Å². The molecule has 0 aliphatic rings. The maximum absolute atomic E-state index is 12.6. The van der Waals surface area contributed by atoms with Crippen molar-refractivity contribution in [3.63, 3.8) is 0 Å². The van der Waals surface area contributed by atoms with Gasteiger partial charge in [-0.3, -0.25) is 14.4 Å². The van der Waals surface area contributed by atoms with Gasteiger partial charge in [-0.1, -0.05) is 161 Å². The second-order valence-electron chi connectivity index (χ2n) is 13.6. The molecule has 0 amide bonds. The third kappa shape index (κ3) is 35.2. The highest BCUT2D eigenvalue weighted by molar-refractivity contribution is 5.71. The van der Waals surface area contributed by atoms with Crippen LogP contribution in [0.2, 0.25) is 0 Å². The summed E-state index contributed by atoms with van der Waals surface area (Å²) in [4.78, 5) is 37.3. The third-order valence-electron chi connectivity index (χ3n) is 8.71. The van der Waals surface area contributed by atoms with Crippen LogP contribution in [0.1, 0.15) is 207 Å². The Bertz CT molecular complexity index is 789. The number of carbonyl (C=O) groups is 3. The molecule has 0 rings (SSSR count). The molecule has 0 bridgehead atoms. The number of carbonyl (C=O) groups excluding carboxylic acids is 3. The van der Waals surface area contributed by atoms with Gasteiger partial charge in [0.25, 0.3) is 0 Å². The first-order valence-electron chi connectivity index (χ1n) is 20.3. The minimum Gasteiger partial charge on any atom is -0.462 e. The van der Waals surface area contributed by atoms with Gasteiger partial charge in [0.15, 0.2) is 6.10 Å².